The first kappa shape index (κ1) is 7.98. The van der Waals surface area contributed by atoms with Crippen LogP contribution in [0.25, 0.3) is 0 Å². The van der Waals surface area contributed by atoms with Gasteiger partial charge in [0.1, 0.15) is 0 Å². The smallest absolute Gasteiger partial charge is 0.0843 e. The fourth-order valence-electron chi connectivity index (χ4n) is 0.979. The average Bonchev–Trinajstić information content (AvgIpc) is 2.01. The molecule has 0 atom stereocenters. The van der Waals surface area contributed by atoms with Crippen LogP contribution in [0, 0.1) is 0 Å². The summed E-state index contributed by atoms with van der Waals surface area (Å²) in [7, 11) is 0. The summed E-state index contributed by atoms with van der Waals surface area (Å²) in [6.07, 6.45) is 6.05. The monoisotopic (exact) mass is 144 g/mol. The fraction of sp³-hybridized carbons (Fsp3) is 1.00. The molecule has 3 heteroatoms. The Bertz CT molecular complexity index is 44.8. The Balaban J connectivity index is 2.00. The van der Waals surface area contributed by atoms with Crippen LogP contribution in [-0.2, 0) is 9.88 Å². The van der Waals surface area contributed by atoms with E-state index in [1.54, 1.807) is 0 Å². The summed E-state index contributed by atoms with van der Waals surface area (Å²) in [5, 5.41) is 0. The Kier molecular flexibility index (Phi) is 4.51. The summed E-state index contributed by atoms with van der Waals surface area (Å²) in [5.74, 6) is 0. The third kappa shape index (κ3) is 3.82. The highest BCUT2D eigenvalue weighted by atomic mass is 17.3. The first-order chi connectivity index (χ1) is 5.00. The molecule has 1 aliphatic rings. The predicted molar refractivity (Wildman–Crippen MR) is 37.1 cm³/mol. The van der Waals surface area contributed by atoms with Gasteiger partial charge in [-0.2, -0.15) is 0 Å². The summed E-state index contributed by atoms with van der Waals surface area (Å²) in [4.78, 5) is 9.28. The Labute approximate surface area is 61.6 Å². The van der Waals surface area contributed by atoms with Crippen molar-refractivity contribution in [3.8, 4) is 0 Å². The minimum Gasteiger partial charge on any atom is -0.217 e. The van der Waals surface area contributed by atoms with Crippen molar-refractivity contribution in [2.45, 2.75) is 32.1 Å². The molecule has 0 bridgehead atoms. The number of hydrogen-bond acceptors (Lipinski definition) is 2. The Morgan fingerprint density at radius 1 is 0.900 bits per heavy atom. The van der Waals surface area contributed by atoms with Gasteiger partial charge in [-0.05, 0) is 12.8 Å². The van der Waals surface area contributed by atoms with E-state index in [1.807, 2.05) is 0 Å². The van der Waals surface area contributed by atoms with Crippen molar-refractivity contribution in [3.05, 3.63) is 0 Å². The van der Waals surface area contributed by atoms with Crippen LogP contribution in [0.2, 0.25) is 0 Å². The molecule has 1 rings (SSSR count). The first-order valence-electron chi connectivity index (χ1n) is 3.95. The number of nitrogens with zero attached hydrogens (tertiary/aromatic N) is 1. The molecule has 1 fully saturated rings. The van der Waals surface area contributed by atoms with Crippen LogP contribution in [-0.4, -0.2) is 13.2 Å². The van der Waals surface area contributed by atoms with Crippen LogP contribution < -0.4 is 5.48 Å². The van der Waals surface area contributed by atoms with Crippen molar-refractivity contribution in [3.63, 3.8) is 0 Å². The molecule has 1 heterocycles. The minimum atomic E-state index is 0.684. The van der Waals surface area contributed by atoms with Gasteiger partial charge in [-0.3, -0.25) is 0 Å². The standard InChI is InChI=1S/C7H14NO2/c1-2-4-6-8-10-9-7-5-3-1/h1-7H2. The van der Waals surface area contributed by atoms with E-state index in [1.165, 1.54) is 19.3 Å². The van der Waals surface area contributed by atoms with Gasteiger partial charge >= 0.3 is 0 Å². The molecule has 1 aliphatic heterocycles. The number of rotatable bonds is 0. The van der Waals surface area contributed by atoms with Gasteiger partial charge in [-0.15, -0.1) is 4.99 Å². The lowest BCUT2D eigenvalue weighted by Crippen LogP contribution is -2.10. The summed E-state index contributed by atoms with van der Waals surface area (Å²) in [5.41, 5.74) is 3.71. The van der Waals surface area contributed by atoms with E-state index >= 15 is 0 Å². The zero-order chi connectivity index (χ0) is 7.07. The van der Waals surface area contributed by atoms with Crippen LogP contribution >= 0.6 is 0 Å². The van der Waals surface area contributed by atoms with Crippen LogP contribution in [0.3, 0.4) is 0 Å². The van der Waals surface area contributed by atoms with Gasteiger partial charge in [0.2, 0.25) is 0 Å². The highest BCUT2D eigenvalue weighted by molar-refractivity contribution is 4.44. The molecule has 1 saturated heterocycles. The van der Waals surface area contributed by atoms with Crippen LogP contribution in [0.1, 0.15) is 32.1 Å². The SMILES string of the molecule is C1CCC[N]OOCCC1. The normalized spacial score (nSPS) is 24.0. The van der Waals surface area contributed by atoms with Gasteiger partial charge in [0, 0.05) is 6.54 Å². The third-order valence-corrected chi connectivity index (χ3v) is 1.58. The molecule has 0 amide bonds. The van der Waals surface area contributed by atoms with E-state index < -0.39 is 0 Å². The zero-order valence-electron chi connectivity index (χ0n) is 6.21. The van der Waals surface area contributed by atoms with Gasteiger partial charge in [0.05, 0.1) is 6.61 Å². The van der Waals surface area contributed by atoms with Crippen molar-refractivity contribution in [1.29, 1.82) is 0 Å². The third-order valence-electron chi connectivity index (χ3n) is 1.58. The molecule has 0 aromatic rings. The molecular weight excluding hydrogens is 130 g/mol. The molecule has 1 radical (unpaired) electrons. The molecule has 0 N–H and O–H groups in total. The van der Waals surface area contributed by atoms with E-state index in [2.05, 4.69) is 10.5 Å². The van der Waals surface area contributed by atoms with Gasteiger partial charge in [0.25, 0.3) is 0 Å². The summed E-state index contributed by atoms with van der Waals surface area (Å²) >= 11 is 0. The largest absolute Gasteiger partial charge is 0.217 e. The molecule has 0 unspecified atom stereocenters. The van der Waals surface area contributed by atoms with E-state index in [4.69, 9.17) is 4.89 Å². The van der Waals surface area contributed by atoms with Gasteiger partial charge in [0.15, 0.2) is 0 Å². The zero-order valence-corrected chi connectivity index (χ0v) is 6.21. The maximum absolute atomic E-state index is 4.74. The van der Waals surface area contributed by atoms with Gasteiger partial charge in [-0.25, -0.2) is 4.89 Å². The predicted octanol–water partition coefficient (Wildman–Crippen LogP) is 1.42. The Morgan fingerprint density at radius 2 is 1.70 bits per heavy atom. The Morgan fingerprint density at radius 3 is 2.70 bits per heavy atom. The minimum absolute atomic E-state index is 0.684. The maximum Gasteiger partial charge on any atom is 0.0843 e. The van der Waals surface area contributed by atoms with Crippen LogP contribution in [0.5, 0.6) is 0 Å². The van der Waals surface area contributed by atoms with Crippen LogP contribution in [0.4, 0.5) is 0 Å². The van der Waals surface area contributed by atoms with Crippen molar-refractivity contribution in [2.24, 2.45) is 0 Å². The second-order valence-electron chi connectivity index (χ2n) is 2.52. The molecule has 0 saturated carbocycles. The second kappa shape index (κ2) is 5.65. The molecule has 3 nitrogen and oxygen atoms in total. The van der Waals surface area contributed by atoms with E-state index in [-0.39, 0.29) is 0 Å². The summed E-state index contributed by atoms with van der Waals surface area (Å²) in [6, 6.07) is 0. The molecule has 0 spiro atoms. The first-order valence-corrected chi connectivity index (χ1v) is 3.95. The van der Waals surface area contributed by atoms with Crippen molar-refractivity contribution >= 4 is 0 Å². The van der Waals surface area contributed by atoms with E-state index in [9.17, 15) is 0 Å². The van der Waals surface area contributed by atoms with Crippen LogP contribution in [0.15, 0.2) is 0 Å². The summed E-state index contributed by atoms with van der Waals surface area (Å²) < 4.78 is 0. The maximum atomic E-state index is 4.74. The molecule has 59 valence electrons. The Hall–Kier alpha value is -0.120. The molecule has 10 heavy (non-hydrogen) atoms. The van der Waals surface area contributed by atoms with Gasteiger partial charge < -0.3 is 0 Å². The average molecular weight is 144 g/mol. The lowest BCUT2D eigenvalue weighted by atomic mass is 10.1. The lowest BCUT2D eigenvalue weighted by molar-refractivity contribution is -0.340. The molecular formula is C7H14NO2. The molecule has 0 aromatic carbocycles. The molecule has 0 aromatic heterocycles. The van der Waals surface area contributed by atoms with E-state index in [0.29, 0.717) is 6.61 Å². The lowest BCUT2D eigenvalue weighted by Gasteiger charge is -2.05. The highest BCUT2D eigenvalue weighted by Crippen LogP contribution is 2.04. The topological polar surface area (TPSA) is 32.6 Å². The quantitative estimate of drug-likeness (QED) is 0.481. The number of hydroxylamine groups is 1. The van der Waals surface area contributed by atoms with E-state index in [0.717, 1.165) is 19.4 Å². The number of hydrogen-bond donors (Lipinski definition) is 0. The van der Waals surface area contributed by atoms with Crippen molar-refractivity contribution < 1.29 is 9.88 Å². The van der Waals surface area contributed by atoms with Crippen molar-refractivity contribution in [2.75, 3.05) is 13.2 Å². The fourth-order valence-corrected chi connectivity index (χ4v) is 0.979. The highest BCUT2D eigenvalue weighted by Gasteiger charge is 1.96. The second-order valence-corrected chi connectivity index (χ2v) is 2.52. The summed E-state index contributed by atoms with van der Waals surface area (Å²) in [6.45, 7) is 1.46. The van der Waals surface area contributed by atoms with Gasteiger partial charge in [-0.1, -0.05) is 24.7 Å². The molecule has 0 aliphatic carbocycles. The van der Waals surface area contributed by atoms with Crippen molar-refractivity contribution in [1.82, 2.24) is 5.48 Å².